The minimum absolute atomic E-state index is 0.0447. The Hall–Kier alpha value is -2.47. The van der Waals surface area contributed by atoms with Crippen LogP contribution in [0.5, 0.6) is 5.75 Å². The van der Waals surface area contributed by atoms with E-state index in [9.17, 15) is 13.6 Å². The zero-order valence-corrected chi connectivity index (χ0v) is 13.0. The monoisotopic (exact) mass is 332 g/mol. The number of rotatable bonds is 4. The average molecular weight is 332 g/mol. The zero-order chi connectivity index (χ0) is 16.9. The minimum Gasteiger partial charge on any atom is -0.481 e. The molecular formula is C18H18F2N2O2. The van der Waals surface area contributed by atoms with Crippen molar-refractivity contribution in [1.29, 1.82) is 0 Å². The molecule has 126 valence electrons. The number of para-hydroxylation sites is 1. The van der Waals surface area contributed by atoms with Gasteiger partial charge in [-0.25, -0.2) is 8.78 Å². The summed E-state index contributed by atoms with van der Waals surface area (Å²) in [6, 6.07) is 11.9. The molecule has 0 bridgehead atoms. The lowest BCUT2D eigenvalue weighted by molar-refractivity contribution is -0.136. The summed E-state index contributed by atoms with van der Waals surface area (Å²) >= 11 is 0. The summed E-state index contributed by atoms with van der Waals surface area (Å²) in [5, 5.41) is 3.20. The molecular weight excluding hydrogens is 314 g/mol. The second-order valence-electron chi connectivity index (χ2n) is 5.58. The van der Waals surface area contributed by atoms with Crippen LogP contribution in [-0.2, 0) is 4.79 Å². The lowest BCUT2D eigenvalue weighted by Crippen LogP contribution is -2.50. The van der Waals surface area contributed by atoms with Crippen molar-refractivity contribution < 1.29 is 18.3 Å². The molecule has 1 aliphatic rings. The maximum atomic E-state index is 13.6. The lowest BCUT2D eigenvalue weighted by atomic mass is 10.0. The summed E-state index contributed by atoms with van der Waals surface area (Å²) in [4.78, 5) is 14.2. The van der Waals surface area contributed by atoms with Gasteiger partial charge in [-0.05, 0) is 29.8 Å². The number of carbonyl (C=O) groups is 1. The molecule has 1 amide bonds. The van der Waals surface area contributed by atoms with Gasteiger partial charge in [0.1, 0.15) is 5.82 Å². The summed E-state index contributed by atoms with van der Waals surface area (Å²) in [6.07, 6.45) is 0. The highest BCUT2D eigenvalue weighted by molar-refractivity contribution is 5.78. The third-order valence-corrected chi connectivity index (χ3v) is 3.98. The number of halogens is 2. The highest BCUT2D eigenvalue weighted by Gasteiger charge is 2.28. The number of ether oxygens (including phenoxy) is 1. The van der Waals surface area contributed by atoms with E-state index < -0.39 is 5.82 Å². The maximum absolute atomic E-state index is 13.6. The molecule has 6 heteroatoms. The molecule has 2 aromatic rings. The number of hydrogen-bond acceptors (Lipinski definition) is 3. The van der Waals surface area contributed by atoms with Crippen molar-refractivity contribution in [2.45, 2.75) is 6.04 Å². The van der Waals surface area contributed by atoms with E-state index in [4.69, 9.17) is 4.74 Å². The van der Waals surface area contributed by atoms with Crippen LogP contribution in [0.2, 0.25) is 0 Å². The molecule has 4 nitrogen and oxygen atoms in total. The van der Waals surface area contributed by atoms with Gasteiger partial charge < -0.3 is 15.0 Å². The van der Waals surface area contributed by atoms with Crippen molar-refractivity contribution in [2.24, 2.45) is 0 Å². The van der Waals surface area contributed by atoms with Crippen molar-refractivity contribution in [3.05, 3.63) is 65.7 Å². The Kier molecular flexibility index (Phi) is 5.05. The summed E-state index contributed by atoms with van der Waals surface area (Å²) in [5.74, 6) is -1.06. The van der Waals surface area contributed by atoms with Crippen LogP contribution in [-0.4, -0.2) is 37.0 Å². The van der Waals surface area contributed by atoms with Crippen molar-refractivity contribution in [3.63, 3.8) is 0 Å². The van der Waals surface area contributed by atoms with Crippen molar-refractivity contribution in [3.8, 4) is 5.75 Å². The van der Waals surface area contributed by atoms with Crippen molar-refractivity contribution >= 4 is 5.91 Å². The third kappa shape index (κ3) is 3.71. The van der Waals surface area contributed by atoms with Gasteiger partial charge in [-0.15, -0.1) is 0 Å². The number of nitrogens with zero attached hydrogens (tertiary/aromatic N) is 1. The standard InChI is InChI=1S/C18H18F2N2O2/c19-14-5-3-4-13(10-14)16-11-21-8-9-22(16)18(23)12-24-17-7-2-1-6-15(17)20/h1-7,10,16,21H,8-9,11-12H2. The number of amides is 1. The fourth-order valence-corrected chi connectivity index (χ4v) is 2.80. The number of piperazine rings is 1. The quantitative estimate of drug-likeness (QED) is 0.935. The Morgan fingerprint density at radius 2 is 2.04 bits per heavy atom. The molecule has 1 fully saturated rings. The van der Waals surface area contributed by atoms with Crippen LogP contribution in [0.15, 0.2) is 48.5 Å². The molecule has 0 spiro atoms. The Labute approximate surface area is 139 Å². The molecule has 0 aliphatic carbocycles. The van der Waals surface area contributed by atoms with Crippen LogP contribution in [0.3, 0.4) is 0 Å². The summed E-state index contributed by atoms with van der Waals surface area (Å²) < 4.78 is 32.3. The molecule has 1 heterocycles. The predicted octanol–water partition coefficient (Wildman–Crippen LogP) is 2.52. The van der Waals surface area contributed by atoms with Gasteiger partial charge in [0, 0.05) is 19.6 Å². The van der Waals surface area contributed by atoms with Gasteiger partial charge in [-0.1, -0.05) is 24.3 Å². The van der Waals surface area contributed by atoms with Crippen LogP contribution in [0, 0.1) is 11.6 Å². The SMILES string of the molecule is O=C(COc1ccccc1F)N1CCNCC1c1cccc(F)c1. The maximum Gasteiger partial charge on any atom is 0.261 e. The van der Waals surface area contributed by atoms with Gasteiger partial charge in [0.15, 0.2) is 18.2 Å². The summed E-state index contributed by atoms with van der Waals surface area (Å²) in [6.45, 7) is 1.42. The Morgan fingerprint density at radius 3 is 2.83 bits per heavy atom. The van der Waals surface area contributed by atoms with Gasteiger partial charge in [-0.3, -0.25) is 4.79 Å². The van der Waals surface area contributed by atoms with E-state index in [1.807, 2.05) is 0 Å². The molecule has 0 saturated carbocycles. The number of carbonyl (C=O) groups excluding carboxylic acids is 1. The smallest absolute Gasteiger partial charge is 0.261 e. The highest BCUT2D eigenvalue weighted by atomic mass is 19.1. The summed E-state index contributed by atoms with van der Waals surface area (Å²) in [7, 11) is 0. The van der Waals surface area contributed by atoms with E-state index in [0.29, 0.717) is 19.6 Å². The topological polar surface area (TPSA) is 41.6 Å². The second-order valence-corrected chi connectivity index (χ2v) is 5.58. The zero-order valence-electron chi connectivity index (χ0n) is 13.0. The van der Waals surface area contributed by atoms with Crippen LogP contribution in [0.25, 0.3) is 0 Å². The predicted molar refractivity (Wildman–Crippen MR) is 85.6 cm³/mol. The molecule has 1 unspecified atom stereocenters. The molecule has 24 heavy (non-hydrogen) atoms. The summed E-state index contributed by atoms with van der Waals surface area (Å²) in [5.41, 5.74) is 0.724. The Balaban J connectivity index is 1.71. The molecule has 1 saturated heterocycles. The highest BCUT2D eigenvalue weighted by Crippen LogP contribution is 2.23. The largest absolute Gasteiger partial charge is 0.481 e. The molecule has 2 aromatic carbocycles. The molecule has 3 rings (SSSR count). The number of nitrogens with one attached hydrogen (secondary N) is 1. The molecule has 0 aromatic heterocycles. The second kappa shape index (κ2) is 7.40. The van der Waals surface area contributed by atoms with Gasteiger partial charge in [0.2, 0.25) is 0 Å². The molecule has 1 aliphatic heterocycles. The van der Waals surface area contributed by atoms with Crippen molar-refractivity contribution in [2.75, 3.05) is 26.2 Å². The molecule has 1 atom stereocenters. The van der Waals surface area contributed by atoms with Gasteiger partial charge in [-0.2, -0.15) is 0 Å². The van der Waals surface area contributed by atoms with E-state index >= 15 is 0 Å². The van der Waals surface area contributed by atoms with E-state index in [1.165, 1.54) is 24.3 Å². The first-order chi connectivity index (χ1) is 11.6. The molecule has 0 radical (unpaired) electrons. The van der Waals surface area contributed by atoms with Gasteiger partial charge in [0.25, 0.3) is 5.91 Å². The first-order valence-electron chi connectivity index (χ1n) is 7.78. The normalized spacial score (nSPS) is 17.6. The first kappa shape index (κ1) is 16.4. The van der Waals surface area contributed by atoms with Crippen LogP contribution >= 0.6 is 0 Å². The Bertz CT molecular complexity index is 724. The van der Waals surface area contributed by atoms with Gasteiger partial charge >= 0.3 is 0 Å². The van der Waals surface area contributed by atoms with Crippen LogP contribution in [0.1, 0.15) is 11.6 Å². The van der Waals surface area contributed by atoms with Crippen molar-refractivity contribution in [1.82, 2.24) is 10.2 Å². The van der Waals surface area contributed by atoms with E-state index in [2.05, 4.69) is 5.32 Å². The van der Waals surface area contributed by atoms with E-state index in [1.54, 1.807) is 29.2 Å². The average Bonchev–Trinajstić information content (AvgIpc) is 2.61. The van der Waals surface area contributed by atoms with E-state index in [0.717, 1.165) is 5.56 Å². The van der Waals surface area contributed by atoms with Crippen LogP contribution < -0.4 is 10.1 Å². The van der Waals surface area contributed by atoms with Crippen LogP contribution in [0.4, 0.5) is 8.78 Å². The number of benzene rings is 2. The molecule has 1 N–H and O–H groups in total. The fourth-order valence-electron chi connectivity index (χ4n) is 2.80. The lowest BCUT2D eigenvalue weighted by Gasteiger charge is -2.36. The third-order valence-electron chi connectivity index (χ3n) is 3.98. The Morgan fingerprint density at radius 1 is 1.21 bits per heavy atom. The first-order valence-corrected chi connectivity index (χ1v) is 7.78. The minimum atomic E-state index is -0.507. The van der Waals surface area contributed by atoms with E-state index in [-0.39, 0.29) is 30.1 Å². The fraction of sp³-hybridized carbons (Fsp3) is 0.278. The van der Waals surface area contributed by atoms with Gasteiger partial charge in [0.05, 0.1) is 6.04 Å². The number of hydrogen-bond donors (Lipinski definition) is 1.